The van der Waals surface area contributed by atoms with Crippen LogP contribution in [-0.4, -0.2) is 26.0 Å². The number of nitriles is 1. The molecule has 1 aromatic carbocycles. The van der Waals surface area contributed by atoms with Crippen LogP contribution in [0.25, 0.3) is 0 Å². The second kappa shape index (κ2) is 7.01. The summed E-state index contributed by atoms with van der Waals surface area (Å²) in [5, 5.41) is 9.38. The van der Waals surface area contributed by atoms with E-state index < -0.39 is 10.0 Å². The van der Waals surface area contributed by atoms with Gasteiger partial charge in [-0.2, -0.15) is 17.0 Å². The van der Waals surface area contributed by atoms with Gasteiger partial charge in [-0.3, -0.25) is 0 Å². The molecule has 2 unspecified atom stereocenters. The van der Waals surface area contributed by atoms with E-state index in [0.717, 1.165) is 25.7 Å². The smallest absolute Gasteiger partial charge is 0.208 e. The van der Waals surface area contributed by atoms with Crippen molar-refractivity contribution in [3.05, 3.63) is 28.8 Å². The molecule has 4 nitrogen and oxygen atoms in total. The highest BCUT2D eigenvalue weighted by Crippen LogP contribution is 2.29. The fraction of sp³-hybridized carbons (Fsp3) is 0.500. The highest BCUT2D eigenvalue weighted by molar-refractivity contribution is 7.99. The van der Waals surface area contributed by atoms with Crippen LogP contribution in [0.3, 0.4) is 0 Å². The number of halogens is 1. The average molecular weight is 345 g/mol. The standard InChI is InChI=1S/C14H17ClN2O2S2/c1-20-12-4-2-3-11(8-12)17-21(18,19)14-6-5-10(9-16)7-13(14)15/h5-7,11-12,17H,2-4,8H2,1H3. The van der Waals surface area contributed by atoms with Crippen molar-refractivity contribution in [1.82, 2.24) is 4.72 Å². The van der Waals surface area contributed by atoms with Crippen molar-refractivity contribution in [2.45, 2.75) is 41.9 Å². The third-order valence-electron chi connectivity index (χ3n) is 3.63. The molecule has 0 spiro atoms. The Bertz CT molecular complexity index is 655. The Hall–Kier alpha value is -0.740. The Morgan fingerprint density at radius 3 is 2.81 bits per heavy atom. The predicted molar refractivity (Wildman–Crippen MR) is 86.0 cm³/mol. The molecule has 114 valence electrons. The molecule has 2 atom stereocenters. The van der Waals surface area contributed by atoms with E-state index in [4.69, 9.17) is 16.9 Å². The average Bonchev–Trinajstić information content (AvgIpc) is 2.46. The minimum absolute atomic E-state index is 0.0365. The third kappa shape index (κ3) is 4.13. The fourth-order valence-corrected chi connectivity index (χ4v) is 5.19. The topological polar surface area (TPSA) is 70.0 Å². The summed E-state index contributed by atoms with van der Waals surface area (Å²) in [6.45, 7) is 0. The summed E-state index contributed by atoms with van der Waals surface area (Å²) in [7, 11) is -3.65. The van der Waals surface area contributed by atoms with Crippen LogP contribution in [0.4, 0.5) is 0 Å². The number of rotatable bonds is 4. The van der Waals surface area contributed by atoms with Crippen LogP contribution >= 0.6 is 23.4 Å². The third-order valence-corrected chi connectivity index (χ3v) is 6.73. The van der Waals surface area contributed by atoms with E-state index in [9.17, 15) is 8.42 Å². The van der Waals surface area contributed by atoms with Gasteiger partial charge in [0, 0.05) is 11.3 Å². The number of thioether (sulfide) groups is 1. The van der Waals surface area contributed by atoms with Gasteiger partial charge in [0.25, 0.3) is 0 Å². The van der Waals surface area contributed by atoms with Crippen molar-refractivity contribution in [3.8, 4) is 6.07 Å². The van der Waals surface area contributed by atoms with Gasteiger partial charge in [0.05, 0.1) is 16.7 Å². The summed E-state index contributed by atoms with van der Waals surface area (Å²) < 4.78 is 27.6. The molecule has 1 aromatic rings. The zero-order valence-corrected chi connectivity index (χ0v) is 14.1. The van der Waals surface area contributed by atoms with Crippen molar-refractivity contribution in [2.75, 3.05) is 6.26 Å². The van der Waals surface area contributed by atoms with Crippen LogP contribution in [-0.2, 0) is 10.0 Å². The number of nitrogens with one attached hydrogen (secondary N) is 1. The van der Waals surface area contributed by atoms with Crippen LogP contribution in [0.15, 0.2) is 23.1 Å². The first-order valence-electron chi connectivity index (χ1n) is 6.71. The molecule has 1 saturated carbocycles. The molecule has 7 heteroatoms. The van der Waals surface area contributed by atoms with Gasteiger partial charge in [-0.1, -0.05) is 18.0 Å². The lowest BCUT2D eigenvalue weighted by molar-refractivity contribution is 0.421. The fourth-order valence-electron chi connectivity index (χ4n) is 2.54. The number of hydrogen-bond donors (Lipinski definition) is 1. The van der Waals surface area contributed by atoms with Crippen molar-refractivity contribution >= 4 is 33.4 Å². The van der Waals surface area contributed by atoms with E-state index >= 15 is 0 Å². The summed E-state index contributed by atoms with van der Waals surface area (Å²) in [6, 6.07) is 6.12. The quantitative estimate of drug-likeness (QED) is 0.910. The van der Waals surface area contributed by atoms with Gasteiger partial charge in [-0.25, -0.2) is 13.1 Å². The zero-order chi connectivity index (χ0) is 15.5. The van der Waals surface area contributed by atoms with E-state index in [1.165, 1.54) is 18.2 Å². The second-order valence-corrected chi connectivity index (χ2v) is 8.33. The van der Waals surface area contributed by atoms with Gasteiger partial charge in [0.2, 0.25) is 10.0 Å². The molecule has 0 aromatic heterocycles. The second-order valence-electron chi connectivity index (χ2n) is 5.10. The van der Waals surface area contributed by atoms with Crippen LogP contribution in [0, 0.1) is 11.3 Å². The van der Waals surface area contributed by atoms with Gasteiger partial charge in [-0.15, -0.1) is 0 Å². The van der Waals surface area contributed by atoms with Crippen LogP contribution in [0.2, 0.25) is 5.02 Å². The zero-order valence-electron chi connectivity index (χ0n) is 11.7. The highest BCUT2D eigenvalue weighted by atomic mass is 35.5. The summed E-state index contributed by atoms with van der Waals surface area (Å²) in [5.74, 6) is 0. The molecule has 0 heterocycles. The first-order valence-corrected chi connectivity index (χ1v) is 9.86. The maximum absolute atomic E-state index is 12.4. The Kier molecular flexibility index (Phi) is 5.55. The number of benzene rings is 1. The van der Waals surface area contributed by atoms with Crippen LogP contribution in [0.1, 0.15) is 31.2 Å². The molecule has 1 aliphatic rings. The molecule has 0 bridgehead atoms. The highest BCUT2D eigenvalue weighted by Gasteiger charge is 2.27. The van der Waals surface area contributed by atoms with E-state index in [2.05, 4.69) is 11.0 Å². The molecule has 1 fully saturated rings. The van der Waals surface area contributed by atoms with Gasteiger partial charge in [0.1, 0.15) is 4.90 Å². The first-order chi connectivity index (χ1) is 9.96. The van der Waals surface area contributed by atoms with Gasteiger partial charge in [-0.05, 0) is 43.7 Å². The van der Waals surface area contributed by atoms with Gasteiger partial charge in [0.15, 0.2) is 0 Å². The van der Waals surface area contributed by atoms with Gasteiger partial charge < -0.3 is 0 Å². The van der Waals surface area contributed by atoms with Gasteiger partial charge >= 0.3 is 0 Å². The molecule has 0 aliphatic heterocycles. The largest absolute Gasteiger partial charge is 0.242 e. The minimum Gasteiger partial charge on any atom is -0.208 e. The van der Waals surface area contributed by atoms with Crippen molar-refractivity contribution in [3.63, 3.8) is 0 Å². The summed E-state index contributed by atoms with van der Waals surface area (Å²) in [6.07, 6.45) is 5.91. The molecule has 0 radical (unpaired) electrons. The lowest BCUT2D eigenvalue weighted by Crippen LogP contribution is -2.39. The number of sulfonamides is 1. The Labute approximate surface area is 134 Å². The number of nitrogens with zero attached hydrogens (tertiary/aromatic N) is 1. The lowest BCUT2D eigenvalue weighted by Gasteiger charge is -2.28. The summed E-state index contributed by atoms with van der Waals surface area (Å²) in [4.78, 5) is 0.0365. The maximum Gasteiger partial charge on any atom is 0.242 e. The normalized spacial score (nSPS) is 22.7. The molecule has 0 amide bonds. The Balaban J connectivity index is 2.17. The molecular formula is C14H17ClN2O2S2. The molecular weight excluding hydrogens is 328 g/mol. The number of hydrogen-bond acceptors (Lipinski definition) is 4. The lowest BCUT2D eigenvalue weighted by atomic mass is 9.96. The van der Waals surface area contributed by atoms with Crippen LogP contribution in [0.5, 0.6) is 0 Å². The van der Waals surface area contributed by atoms with E-state index in [1.54, 1.807) is 11.8 Å². The molecule has 1 aliphatic carbocycles. The first kappa shape index (κ1) is 16.6. The summed E-state index contributed by atoms with van der Waals surface area (Å²) >= 11 is 7.77. The molecule has 0 saturated heterocycles. The van der Waals surface area contributed by atoms with Crippen molar-refractivity contribution in [2.24, 2.45) is 0 Å². The van der Waals surface area contributed by atoms with Crippen molar-refractivity contribution < 1.29 is 8.42 Å². The minimum atomic E-state index is -3.65. The van der Waals surface area contributed by atoms with E-state index in [0.29, 0.717) is 10.8 Å². The Morgan fingerprint density at radius 1 is 1.43 bits per heavy atom. The van der Waals surface area contributed by atoms with Crippen LogP contribution < -0.4 is 4.72 Å². The molecule has 1 N–H and O–H groups in total. The van der Waals surface area contributed by atoms with Crippen molar-refractivity contribution in [1.29, 1.82) is 5.26 Å². The molecule has 2 rings (SSSR count). The monoisotopic (exact) mass is 344 g/mol. The predicted octanol–water partition coefficient (Wildman–Crippen LogP) is 3.16. The summed E-state index contributed by atoms with van der Waals surface area (Å²) in [5.41, 5.74) is 0.346. The molecule has 21 heavy (non-hydrogen) atoms. The van der Waals surface area contributed by atoms with E-state index in [1.807, 2.05) is 6.07 Å². The Morgan fingerprint density at radius 2 is 2.19 bits per heavy atom. The SMILES string of the molecule is CSC1CCCC(NS(=O)(=O)c2ccc(C#N)cc2Cl)C1. The van der Waals surface area contributed by atoms with E-state index in [-0.39, 0.29) is 16.0 Å². The maximum atomic E-state index is 12.4.